The summed E-state index contributed by atoms with van der Waals surface area (Å²) in [5.41, 5.74) is 1.37. The molecule has 5 rings (SSSR count). The van der Waals surface area contributed by atoms with E-state index in [9.17, 15) is 19.8 Å². The second-order valence-electron chi connectivity index (χ2n) is 8.71. The van der Waals surface area contributed by atoms with Gasteiger partial charge in [0.25, 0.3) is 0 Å². The Morgan fingerprint density at radius 3 is 2.81 bits per heavy atom. The van der Waals surface area contributed by atoms with Crippen LogP contribution in [0.5, 0.6) is 0 Å². The van der Waals surface area contributed by atoms with Crippen molar-refractivity contribution >= 4 is 11.9 Å². The van der Waals surface area contributed by atoms with Crippen LogP contribution in [0, 0.1) is 23.2 Å². The minimum absolute atomic E-state index is 0.0908. The molecular weight excluding hydrogens is 352 g/mol. The lowest BCUT2D eigenvalue weighted by molar-refractivity contribution is -0.157. The summed E-state index contributed by atoms with van der Waals surface area (Å²) in [5, 5.41) is 29.1. The van der Waals surface area contributed by atoms with Crippen LogP contribution in [0.15, 0.2) is 23.3 Å². The Balaban J connectivity index is 1.69. The molecule has 27 heavy (non-hydrogen) atoms. The summed E-state index contributed by atoms with van der Waals surface area (Å²) in [5.74, 6) is -1.58. The van der Waals surface area contributed by atoms with Crippen molar-refractivity contribution in [2.45, 2.75) is 57.5 Å². The molecule has 0 aromatic heterocycles. The van der Waals surface area contributed by atoms with E-state index in [-0.39, 0.29) is 34.7 Å². The summed E-state index contributed by atoms with van der Waals surface area (Å²) in [7, 11) is 0. The van der Waals surface area contributed by atoms with Crippen molar-refractivity contribution in [1.82, 2.24) is 0 Å². The second-order valence-corrected chi connectivity index (χ2v) is 8.71. The van der Waals surface area contributed by atoms with Crippen LogP contribution in [0.25, 0.3) is 0 Å². The smallest absolute Gasteiger partial charge is 0.336 e. The van der Waals surface area contributed by atoms with Gasteiger partial charge in [0, 0.05) is 0 Å². The summed E-state index contributed by atoms with van der Waals surface area (Å²) < 4.78 is 11.4. The summed E-state index contributed by atoms with van der Waals surface area (Å²) in [6, 6.07) is 0. The number of aliphatic hydroxyl groups excluding tert-OH is 3. The monoisotopic (exact) mass is 378 g/mol. The van der Waals surface area contributed by atoms with Crippen LogP contribution in [0.1, 0.15) is 33.1 Å². The summed E-state index contributed by atoms with van der Waals surface area (Å²) >= 11 is 0. The van der Waals surface area contributed by atoms with E-state index in [4.69, 9.17) is 14.6 Å². The average Bonchev–Trinajstić information content (AvgIpc) is 3.04. The van der Waals surface area contributed by atoms with Crippen molar-refractivity contribution in [3.63, 3.8) is 0 Å². The van der Waals surface area contributed by atoms with Crippen LogP contribution >= 0.6 is 0 Å². The molecule has 7 nitrogen and oxygen atoms in total. The van der Waals surface area contributed by atoms with E-state index in [1.165, 1.54) is 0 Å². The van der Waals surface area contributed by atoms with Gasteiger partial charge in [-0.3, -0.25) is 4.79 Å². The van der Waals surface area contributed by atoms with Crippen molar-refractivity contribution in [2.75, 3.05) is 6.61 Å². The number of esters is 2. The molecule has 0 aromatic rings. The third-order valence-corrected chi connectivity index (χ3v) is 7.18. The van der Waals surface area contributed by atoms with Crippen molar-refractivity contribution in [2.24, 2.45) is 23.2 Å². The van der Waals surface area contributed by atoms with Gasteiger partial charge in [0.05, 0.1) is 30.1 Å². The zero-order valence-electron chi connectivity index (χ0n) is 15.6. The topological polar surface area (TPSA) is 113 Å². The number of rotatable bonds is 4. The molecule has 3 N–H and O–H groups in total. The minimum atomic E-state index is -1.37. The Morgan fingerprint density at radius 1 is 1.44 bits per heavy atom. The molecule has 1 heterocycles. The lowest BCUT2D eigenvalue weighted by atomic mass is 9.62. The molecule has 4 fully saturated rings. The molecule has 1 saturated heterocycles. The zero-order valence-corrected chi connectivity index (χ0v) is 15.6. The Bertz CT molecular complexity index is 741. The van der Waals surface area contributed by atoms with E-state index in [2.05, 4.69) is 13.5 Å². The minimum Gasteiger partial charge on any atom is -0.458 e. The van der Waals surface area contributed by atoms with Crippen LogP contribution in [-0.4, -0.2) is 58.3 Å². The van der Waals surface area contributed by atoms with E-state index < -0.39 is 37.0 Å². The summed E-state index contributed by atoms with van der Waals surface area (Å²) in [6.45, 7) is 6.88. The molecule has 1 aliphatic heterocycles. The number of hydrogen-bond acceptors (Lipinski definition) is 7. The highest BCUT2D eigenvalue weighted by atomic mass is 16.6. The van der Waals surface area contributed by atoms with Crippen LogP contribution in [0.2, 0.25) is 0 Å². The van der Waals surface area contributed by atoms with Crippen LogP contribution in [0.4, 0.5) is 0 Å². The van der Waals surface area contributed by atoms with E-state index in [1.807, 2.05) is 6.92 Å². The number of fused-ring (bicyclic) bond motifs is 1. The Labute approximate surface area is 157 Å². The molecule has 8 atom stereocenters. The Morgan fingerprint density at radius 2 is 2.15 bits per heavy atom. The third kappa shape index (κ3) is 2.59. The summed E-state index contributed by atoms with van der Waals surface area (Å²) in [6.07, 6.45) is -1.11. The number of carbonyl (C=O) groups is 2. The first kappa shape index (κ1) is 18.7. The van der Waals surface area contributed by atoms with E-state index in [0.717, 1.165) is 11.1 Å². The van der Waals surface area contributed by atoms with Gasteiger partial charge >= 0.3 is 11.9 Å². The van der Waals surface area contributed by atoms with E-state index in [1.54, 1.807) is 0 Å². The molecular formula is C20H26O7. The van der Waals surface area contributed by atoms with Gasteiger partial charge in [0.15, 0.2) is 0 Å². The molecule has 0 unspecified atom stereocenters. The maximum atomic E-state index is 12.5. The van der Waals surface area contributed by atoms with Crippen LogP contribution in [0.3, 0.4) is 0 Å². The molecule has 0 amide bonds. The first-order chi connectivity index (χ1) is 12.7. The highest BCUT2D eigenvalue weighted by molar-refractivity contribution is 5.89. The van der Waals surface area contributed by atoms with Gasteiger partial charge < -0.3 is 24.8 Å². The van der Waals surface area contributed by atoms with Gasteiger partial charge in [0.2, 0.25) is 0 Å². The van der Waals surface area contributed by atoms with Gasteiger partial charge in [-0.15, -0.1) is 0 Å². The molecule has 5 aliphatic rings. The normalized spacial score (nSPS) is 43.2. The maximum Gasteiger partial charge on any atom is 0.336 e. The fourth-order valence-corrected chi connectivity index (χ4v) is 5.73. The molecule has 3 saturated carbocycles. The van der Waals surface area contributed by atoms with Crippen molar-refractivity contribution in [3.8, 4) is 0 Å². The Hall–Kier alpha value is -1.70. The van der Waals surface area contributed by atoms with Gasteiger partial charge in [-0.25, -0.2) is 4.79 Å². The van der Waals surface area contributed by atoms with Crippen molar-refractivity contribution < 1.29 is 34.4 Å². The maximum absolute atomic E-state index is 12.5. The van der Waals surface area contributed by atoms with Gasteiger partial charge in [-0.2, -0.15) is 0 Å². The summed E-state index contributed by atoms with van der Waals surface area (Å²) in [4.78, 5) is 24.9. The fraction of sp³-hybridized carbons (Fsp3) is 0.700. The lowest BCUT2D eigenvalue weighted by Gasteiger charge is -2.43. The third-order valence-electron chi connectivity index (χ3n) is 7.18. The van der Waals surface area contributed by atoms with E-state index >= 15 is 0 Å². The molecule has 4 bridgehead atoms. The lowest BCUT2D eigenvalue weighted by Crippen LogP contribution is -2.45. The first-order valence-corrected chi connectivity index (χ1v) is 9.45. The van der Waals surface area contributed by atoms with E-state index in [0.29, 0.717) is 19.3 Å². The predicted molar refractivity (Wildman–Crippen MR) is 93.1 cm³/mol. The fourth-order valence-electron chi connectivity index (χ4n) is 5.73. The molecule has 0 radical (unpaired) electrons. The zero-order chi connectivity index (χ0) is 19.7. The second kappa shape index (κ2) is 6.15. The first-order valence-electron chi connectivity index (χ1n) is 9.45. The van der Waals surface area contributed by atoms with Gasteiger partial charge in [0.1, 0.15) is 18.3 Å². The van der Waals surface area contributed by atoms with Crippen LogP contribution < -0.4 is 0 Å². The Kier molecular flexibility index (Phi) is 4.25. The number of carbonyl (C=O) groups excluding carboxylic acids is 2. The predicted octanol–water partition coefficient (Wildman–Crippen LogP) is 0.476. The molecule has 4 aliphatic carbocycles. The average molecular weight is 378 g/mol. The largest absolute Gasteiger partial charge is 0.458 e. The number of hydrogen-bond donors (Lipinski definition) is 3. The number of ether oxygens (including phenoxy) is 2. The molecule has 0 spiro atoms. The standard InChI is InChI=1S/C20H26O7/c1-8-12(22)4-11-15(8)17-16-10(19(25)27-17)5-20(11,3)6-14(16)26-18(24)9(2)13(23)7-21/h10-14,16-17,21-23H,2,4-7H2,1,3H3/t10-,11-,12-,13-,14-,16-,17+,20+/m1/s1. The van der Waals surface area contributed by atoms with Gasteiger partial charge in [-0.05, 0) is 48.7 Å². The highest BCUT2D eigenvalue weighted by Gasteiger charge is 2.65. The highest BCUT2D eigenvalue weighted by Crippen LogP contribution is 2.63. The van der Waals surface area contributed by atoms with Crippen molar-refractivity contribution in [3.05, 3.63) is 23.3 Å². The SMILES string of the molecule is C=C(C(=O)O[C@@H]1C[C@]2(C)C[C@H]3C(=O)O[C@@H](C4=C(C)[C@H](O)C[C@H]42)[C@@H]13)[C@H](O)CO. The number of aliphatic hydroxyl groups is 3. The molecule has 0 aromatic carbocycles. The van der Waals surface area contributed by atoms with Gasteiger partial charge in [-0.1, -0.05) is 13.5 Å². The molecule has 148 valence electrons. The quantitative estimate of drug-likeness (QED) is 0.370. The molecule has 7 heteroatoms. The van der Waals surface area contributed by atoms with Crippen molar-refractivity contribution in [1.29, 1.82) is 0 Å². The van der Waals surface area contributed by atoms with Crippen LogP contribution in [-0.2, 0) is 19.1 Å².